The summed E-state index contributed by atoms with van der Waals surface area (Å²) in [4.78, 5) is 10.6. The molecule has 3 aromatic rings. The molecule has 36 heavy (non-hydrogen) atoms. The minimum absolute atomic E-state index is 0. The van der Waals surface area contributed by atoms with Crippen LogP contribution in [0.1, 0.15) is 36.8 Å². The van der Waals surface area contributed by atoms with Crippen molar-refractivity contribution in [3.63, 3.8) is 0 Å². The molecule has 6 nitrogen and oxygen atoms in total. The molecule has 0 amide bonds. The zero-order valence-corrected chi connectivity index (χ0v) is 22.0. The Morgan fingerprint density at radius 1 is 0.889 bits per heavy atom. The van der Waals surface area contributed by atoms with Crippen molar-refractivity contribution in [3.8, 4) is 5.75 Å². The third-order valence-electron chi connectivity index (χ3n) is 8.42. The SMILES string of the molecule is O=[N+]([O-])c1cccc(OCCC[N+]23CCC(C(O)(c4ccccc4)c4ccccc4)(CC2)CC3)c1.[Br-]. The molecule has 0 radical (unpaired) electrons. The highest BCUT2D eigenvalue weighted by molar-refractivity contribution is 5.40. The standard InChI is InChI=1S/C29H33N2O4.BrH/c32-29(24-9-3-1-4-10-24,25-11-5-2-6-12-25)28-15-19-31(20-16-28,21-17-28)18-8-22-35-27-14-7-13-26(23-27)30(33)34;/h1-7,9-14,23,32H,8,15-22H2;1H/q+1;/p-1. The Balaban J connectivity index is 0.00000304. The van der Waals surface area contributed by atoms with Gasteiger partial charge in [-0.2, -0.15) is 0 Å². The van der Waals surface area contributed by atoms with Gasteiger partial charge in [-0.3, -0.25) is 10.1 Å². The molecule has 2 bridgehead atoms. The number of rotatable bonds is 9. The maximum Gasteiger partial charge on any atom is 0.273 e. The number of hydrogen-bond donors (Lipinski definition) is 1. The van der Waals surface area contributed by atoms with Gasteiger partial charge in [0.25, 0.3) is 5.69 Å². The van der Waals surface area contributed by atoms with Crippen LogP contribution in [0.2, 0.25) is 0 Å². The van der Waals surface area contributed by atoms with Crippen LogP contribution in [0.3, 0.4) is 0 Å². The first-order chi connectivity index (χ1) is 17.0. The molecule has 3 saturated heterocycles. The van der Waals surface area contributed by atoms with Gasteiger partial charge >= 0.3 is 0 Å². The second-order valence-electron chi connectivity index (χ2n) is 10.2. The van der Waals surface area contributed by atoms with Gasteiger partial charge in [0.05, 0.1) is 43.8 Å². The summed E-state index contributed by atoms with van der Waals surface area (Å²) in [6.45, 7) is 4.74. The Morgan fingerprint density at radius 3 is 1.97 bits per heavy atom. The number of quaternary nitrogens is 1. The summed E-state index contributed by atoms with van der Waals surface area (Å²) in [6, 6.07) is 26.8. The number of benzene rings is 3. The number of halogens is 1. The molecule has 3 heterocycles. The number of nitro groups is 1. The van der Waals surface area contributed by atoms with Gasteiger partial charge in [0.2, 0.25) is 0 Å². The molecular formula is C29H33BrN2O4. The Kier molecular flexibility index (Phi) is 7.83. The maximum atomic E-state index is 12.5. The topological polar surface area (TPSA) is 72.6 Å². The molecule has 190 valence electrons. The Bertz CT molecular complexity index is 1110. The van der Waals surface area contributed by atoms with Crippen molar-refractivity contribution < 1.29 is 36.2 Å². The van der Waals surface area contributed by atoms with Crippen molar-refractivity contribution in [2.45, 2.75) is 31.3 Å². The molecule has 3 aliphatic rings. The molecule has 0 spiro atoms. The summed E-state index contributed by atoms with van der Waals surface area (Å²) in [7, 11) is 0. The van der Waals surface area contributed by atoms with Gasteiger partial charge in [-0.1, -0.05) is 66.7 Å². The van der Waals surface area contributed by atoms with Crippen LogP contribution < -0.4 is 21.7 Å². The number of nitro benzene ring substituents is 1. The molecule has 7 heteroatoms. The number of non-ortho nitro benzene ring substituents is 1. The maximum absolute atomic E-state index is 12.5. The molecule has 1 N–H and O–H groups in total. The third-order valence-corrected chi connectivity index (χ3v) is 8.42. The molecule has 6 rings (SSSR count). The van der Waals surface area contributed by atoms with E-state index in [-0.39, 0.29) is 28.1 Å². The molecule has 3 aromatic carbocycles. The van der Waals surface area contributed by atoms with Crippen molar-refractivity contribution in [1.82, 2.24) is 0 Å². The third kappa shape index (κ3) is 4.80. The van der Waals surface area contributed by atoms with E-state index >= 15 is 0 Å². The Hall–Kier alpha value is -2.74. The van der Waals surface area contributed by atoms with E-state index in [0.717, 1.165) is 67.5 Å². The molecule has 0 unspecified atom stereocenters. The fourth-order valence-electron chi connectivity index (χ4n) is 6.36. The predicted molar refractivity (Wildman–Crippen MR) is 135 cm³/mol. The van der Waals surface area contributed by atoms with Crippen LogP contribution in [0.5, 0.6) is 5.75 Å². The highest BCUT2D eigenvalue weighted by Gasteiger charge is 2.60. The van der Waals surface area contributed by atoms with E-state index in [2.05, 4.69) is 24.3 Å². The van der Waals surface area contributed by atoms with Gasteiger partial charge in [0.15, 0.2) is 0 Å². The van der Waals surface area contributed by atoms with E-state index in [4.69, 9.17) is 4.74 Å². The van der Waals surface area contributed by atoms with Gasteiger partial charge in [0.1, 0.15) is 11.4 Å². The van der Waals surface area contributed by atoms with Gasteiger partial charge in [-0.15, -0.1) is 0 Å². The molecule has 0 saturated carbocycles. The summed E-state index contributed by atoms with van der Waals surface area (Å²) in [6.07, 6.45) is 3.86. The van der Waals surface area contributed by atoms with Crippen molar-refractivity contribution in [1.29, 1.82) is 0 Å². The predicted octanol–water partition coefficient (Wildman–Crippen LogP) is 2.30. The fourth-order valence-corrected chi connectivity index (χ4v) is 6.36. The number of aliphatic hydroxyl groups is 1. The normalized spacial score (nSPS) is 23.0. The van der Waals surface area contributed by atoms with E-state index in [1.54, 1.807) is 12.1 Å². The lowest BCUT2D eigenvalue weighted by molar-refractivity contribution is -0.946. The molecule has 3 fully saturated rings. The van der Waals surface area contributed by atoms with Gasteiger partial charge < -0.3 is 31.3 Å². The zero-order chi connectivity index (χ0) is 24.4. The first-order valence-electron chi connectivity index (χ1n) is 12.5. The van der Waals surface area contributed by atoms with Crippen LogP contribution in [-0.4, -0.2) is 47.3 Å². The lowest BCUT2D eigenvalue weighted by Gasteiger charge is -2.60. The Morgan fingerprint density at radius 2 is 1.44 bits per heavy atom. The van der Waals surface area contributed by atoms with Crippen molar-refractivity contribution >= 4 is 5.69 Å². The fraction of sp³-hybridized carbons (Fsp3) is 0.379. The van der Waals surface area contributed by atoms with Gasteiger partial charge in [-0.05, 0) is 17.2 Å². The molecular weight excluding hydrogens is 520 g/mol. The van der Waals surface area contributed by atoms with Crippen LogP contribution in [0.25, 0.3) is 0 Å². The zero-order valence-electron chi connectivity index (χ0n) is 20.4. The van der Waals surface area contributed by atoms with Crippen molar-refractivity contribution in [2.24, 2.45) is 5.41 Å². The average molecular weight is 553 g/mol. The number of fused-ring (bicyclic) bond motifs is 3. The summed E-state index contributed by atoms with van der Waals surface area (Å²) in [5.74, 6) is 0.547. The largest absolute Gasteiger partial charge is 1.00 e. The number of piperidine rings is 3. The van der Waals surface area contributed by atoms with E-state index in [1.807, 2.05) is 36.4 Å². The second-order valence-corrected chi connectivity index (χ2v) is 10.2. The van der Waals surface area contributed by atoms with Gasteiger partial charge in [0, 0.05) is 37.2 Å². The summed E-state index contributed by atoms with van der Waals surface area (Å²) >= 11 is 0. The summed E-state index contributed by atoms with van der Waals surface area (Å²) in [5, 5.41) is 23.4. The first kappa shape index (κ1) is 26.3. The minimum atomic E-state index is -1.00. The van der Waals surface area contributed by atoms with Crippen molar-refractivity contribution in [3.05, 3.63) is 106 Å². The summed E-state index contributed by atoms with van der Waals surface area (Å²) in [5.41, 5.74) is 0.848. The number of ether oxygens (including phenoxy) is 1. The quantitative estimate of drug-likeness (QED) is 0.191. The number of hydrogen-bond acceptors (Lipinski definition) is 4. The first-order valence-corrected chi connectivity index (χ1v) is 12.5. The van der Waals surface area contributed by atoms with E-state index in [9.17, 15) is 15.2 Å². The highest BCUT2D eigenvalue weighted by Crippen LogP contribution is 2.57. The lowest BCUT2D eigenvalue weighted by Crippen LogP contribution is -3.00. The summed E-state index contributed by atoms with van der Waals surface area (Å²) < 4.78 is 6.89. The van der Waals surface area contributed by atoms with Gasteiger partial charge in [-0.25, -0.2) is 0 Å². The minimum Gasteiger partial charge on any atom is -1.00 e. The molecule has 0 atom stereocenters. The van der Waals surface area contributed by atoms with Crippen molar-refractivity contribution in [2.75, 3.05) is 32.8 Å². The monoisotopic (exact) mass is 552 g/mol. The second kappa shape index (κ2) is 10.7. The van der Waals surface area contributed by atoms with E-state index in [1.165, 1.54) is 12.1 Å². The van der Waals surface area contributed by atoms with Crippen LogP contribution in [0.15, 0.2) is 84.9 Å². The van der Waals surface area contributed by atoms with E-state index < -0.39 is 10.5 Å². The van der Waals surface area contributed by atoms with E-state index in [0.29, 0.717) is 12.4 Å². The number of nitrogens with zero attached hydrogens (tertiary/aromatic N) is 2. The Labute approximate surface area is 223 Å². The average Bonchev–Trinajstić information content (AvgIpc) is 2.93. The smallest absolute Gasteiger partial charge is 0.273 e. The lowest BCUT2D eigenvalue weighted by atomic mass is 9.56. The van der Waals surface area contributed by atoms with Crippen LogP contribution in [-0.2, 0) is 5.60 Å². The van der Waals surface area contributed by atoms with Crippen LogP contribution in [0, 0.1) is 15.5 Å². The highest BCUT2D eigenvalue weighted by atomic mass is 79.9. The molecule has 3 aliphatic heterocycles. The van der Waals surface area contributed by atoms with Crippen LogP contribution in [0.4, 0.5) is 5.69 Å². The molecule has 0 aromatic heterocycles. The van der Waals surface area contributed by atoms with Crippen LogP contribution >= 0.6 is 0 Å². The molecule has 0 aliphatic carbocycles.